The molecule has 0 aliphatic rings. The van der Waals surface area contributed by atoms with Crippen molar-refractivity contribution in [3.05, 3.63) is 32.5 Å². The normalized spacial score (nSPS) is 13.1. The maximum Gasteiger partial charge on any atom is 0.138 e. The second-order valence-electron chi connectivity index (χ2n) is 4.96. The molecule has 2 aromatic heterocycles. The van der Waals surface area contributed by atoms with Gasteiger partial charge in [-0.15, -0.1) is 11.3 Å². The number of hydrazine groups is 1. The van der Waals surface area contributed by atoms with E-state index in [0.29, 0.717) is 21.0 Å². The van der Waals surface area contributed by atoms with E-state index >= 15 is 0 Å². The molecule has 0 fully saturated rings. The van der Waals surface area contributed by atoms with Crippen LogP contribution < -0.4 is 11.3 Å². The van der Waals surface area contributed by atoms with Gasteiger partial charge in [-0.2, -0.15) is 5.10 Å². The minimum Gasteiger partial charge on any atom is -0.271 e. The van der Waals surface area contributed by atoms with E-state index in [0.717, 1.165) is 17.9 Å². The Morgan fingerprint density at radius 1 is 1.45 bits per heavy atom. The van der Waals surface area contributed by atoms with Crippen LogP contribution in [0.5, 0.6) is 0 Å². The second-order valence-corrected chi connectivity index (χ2v) is 7.24. The van der Waals surface area contributed by atoms with Crippen LogP contribution >= 0.6 is 34.5 Å². The summed E-state index contributed by atoms with van der Waals surface area (Å²) in [6.45, 7) is 5.10. The molecule has 1 unspecified atom stereocenters. The summed E-state index contributed by atoms with van der Waals surface area (Å²) in [5.74, 6) is 7.02. The summed E-state index contributed by atoms with van der Waals surface area (Å²) in [7, 11) is 0. The van der Waals surface area contributed by atoms with E-state index in [1.54, 1.807) is 6.33 Å². The van der Waals surface area contributed by atoms with Gasteiger partial charge in [0.2, 0.25) is 0 Å². The lowest BCUT2D eigenvalue weighted by atomic mass is 10.1. The molecule has 0 aromatic carbocycles. The molecule has 2 heterocycles. The van der Waals surface area contributed by atoms with E-state index in [-0.39, 0.29) is 6.04 Å². The smallest absolute Gasteiger partial charge is 0.138 e. The Labute approximate surface area is 132 Å². The molecular formula is C12H17Cl2N5S. The number of hydrogen-bond acceptors (Lipinski definition) is 5. The van der Waals surface area contributed by atoms with Crippen molar-refractivity contribution in [1.29, 1.82) is 0 Å². The van der Waals surface area contributed by atoms with E-state index in [2.05, 4.69) is 29.4 Å². The maximum absolute atomic E-state index is 6.18. The molecule has 3 N–H and O–H groups in total. The number of aromatic nitrogens is 3. The first-order chi connectivity index (χ1) is 9.51. The molecule has 0 amide bonds. The monoisotopic (exact) mass is 333 g/mol. The van der Waals surface area contributed by atoms with Crippen molar-refractivity contribution in [2.45, 2.75) is 32.9 Å². The molecular weight excluding hydrogens is 317 g/mol. The fraction of sp³-hybridized carbons (Fsp3) is 0.500. The number of hydrogen-bond donors (Lipinski definition) is 2. The summed E-state index contributed by atoms with van der Waals surface area (Å²) in [5.41, 5.74) is 3.67. The van der Waals surface area contributed by atoms with E-state index < -0.39 is 0 Å². The average molecular weight is 334 g/mol. The minimum atomic E-state index is -0.138. The highest BCUT2D eigenvalue weighted by Crippen LogP contribution is 2.35. The lowest BCUT2D eigenvalue weighted by molar-refractivity contribution is 0.447. The average Bonchev–Trinajstić information content (AvgIpc) is 2.92. The molecule has 0 aliphatic heterocycles. The predicted octanol–water partition coefficient (Wildman–Crippen LogP) is 3.05. The summed E-state index contributed by atoms with van der Waals surface area (Å²) >= 11 is 13.5. The molecule has 0 bridgehead atoms. The molecule has 2 rings (SSSR count). The van der Waals surface area contributed by atoms with Gasteiger partial charge in [-0.05, 0) is 12.0 Å². The molecule has 1 atom stereocenters. The van der Waals surface area contributed by atoms with Crippen LogP contribution in [0.3, 0.4) is 0 Å². The van der Waals surface area contributed by atoms with Crippen molar-refractivity contribution < 1.29 is 0 Å². The molecule has 0 saturated carbocycles. The lowest BCUT2D eigenvalue weighted by Gasteiger charge is -2.16. The standard InChI is InChI=1S/C12H17Cl2N5S/c1-7(2)5-19-11(16-6-17-19)4-9(18-15)8-3-10(13)20-12(8)14/h3,6-7,9,18H,4-5,15H2,1-2H3. The van der Waals surface area contributed by atoms with Crippen molar-refractivity contribution in [1.82, 2.24) is 20.2 Å². The van der Waals surface area contributed by atoms with Gasteiger partial charge in [0.15, 0.2) is 0 Å². The van der Waals surface area contributed by atoms with Gasteiger partial charge in [-0.3, -0.25) is 11.3 Å². The van der Waals surface area contributed by atoms with Gasteiger partial charge in [0.1, 0.15) is 12.2 Å². The highest BCUT2D eigenvalue weighted by atomic mass is 35.5. The summed E-state index contributed by atoms with van der Waals surface area (Å²) in [6, 6.07) is 1.70. The van der Waals surface area contributed by atoms with Crippen molar-refractivity contribution in [2.75, 3.05) is 0 Å². The first kappa shape index (κ1) is 15.7. The molecule has 0 saturated heterocycles. The number of thiophene rings is 1. The van der Waals surface area contributed by atoms with E-state index in [9.17, 15) is 0 Å². The van der Waals surface area contributed by atoms with Crippen LogP contribution in [0, 0.1) is 5.92 Å². The molecule has 110 valence electrons. The topological polar surface area (TPSA) is 68.8 Å². The van der Waals surface area contributed by atoms with E-state index in [1.165, 1.54) is 11.3 Å². The number of rotatable bonds is 6. The van der Waals surface area contributed by atoms with Crippen LogP contribution in [0.2, 0.25) is 8.67 Å². The maximum atomic E-state index is 6.18. The third kappa shape index (κ3) is 3.71. The summed E-state index contributed by atoms with van der Waals surface area (Å²) in [6.07, 6.45) is 2.17. The van der Waals surface area contributed by atoms with Gasteiger partial charge in [-0.25, -0.2) is 9.67 Å². The Morgan fingerprint density at radius 3 is 2.75 bits per heavy atom. The van der Waals surface area contributed by atoms with Gasteiger partial charge < -0.3 is 0 Å². The summed E-state index contributed by atoms with van der Waals surface area (Å²) in [5, 5.41) is 4.25. The Hall–Kier alpha value is -0.660. The van der Waals surface area contributed by atoms with E-state index in [1.807, 2.05) is 10.7 Å². The molecule has 5 nitrogen and oxygen atoms in total. The summed E-state index contributed by atoms with van der Waals surface area (Å²) in [4.78, 5) is 4.30. The molecule has 20 heavy (non-hydrogen) atoms. The van der Waals surface area contributed by atoms with Crippen LogP contribution in [-0.4, -0.2) is 14.8 Å². The number of nitrogens with zero attached hydrogens (tertiary/aromatic N) is 3. The van der Waals surface area contributed by atoms with Crippen molar-refractivity contribution >= 4 is 34.5 Å². The van der Waals surface area contributed by atoms with Crippen LogP contribution in [-0.2, 0) is 13.0 Å². The first-order valence-electron chi connectivity index (χ1n) is 6.28. The third-order valence-electron chi connectivity index (χ3n) is 2.88. The third-order valence-corrected chi connectivity index (χ3v) is 4.40. The summed E-state index contributed by atoms with van der Waals surface area (Å²) < 4.78 is 3.19. The van der Waals surface area contributed by atoms with Gasteiger partial charge in [-0.1, -0.05) is 37.0 Å². The fourth-order valence-corrected chi connectivity index (χ4v) is 3.56. The zero-order valence-electron chi connectivity index (χ0n) is 11.3. The zero-order valence-corrected chi connectivity index (χ0v) is 13.6. The van der Waals surface area contributed by atoms with E-state index in [4.69, 9.17) is 29.0 Å². The number of nitrogens with two attached hydrogens (primary N) is 1. The minimum absolute atomic E-state index is 0.138. The van der Waals surface area contributed by atoms with Gasteiger partial charge in [0, 0.05) is 18.5 Å². The first-order valence-corrected chi connectivity index (χ1v) is 7.86. The van der Waals surface area contributed by atoms with Crippen molar-refractivity contribution in [3.63, 3.8) is 0 Å². The Kier molecular flexibility index (Phi) is 5.40. The van der Waals surface area contributed by atoms with Gasteiger partial charge >= 0.3 is 0 Å². The van der Waals surface area contributed by atoms with Crippen LogP contribution in [0.15, 0.2) is 12.4 Å². The Bertz CT molecular complexity index is 566. The lowest BCUT2D eigenvalue weighted by Crippen LogP contribution is -2.30. The largest absolute Gasteiger partial charge is 0.271 e. The predicted molar refractivity (Wildman–Crippen MR) is 83.0 cm³/mol. The molecule has 8 heteroatoms. The van der Waals surface area contributed by atoms with Gasteiger partial charge in [0.05, 0.1) is 14.7 Å². The molecule has 2 aromatic rings. The number of halogens is 2. The van der Waals surface area contributed by atoms with Gasteiger partial charge in [0.25, 0.3) is 0 Å². The number of nitrogens with one attached hydrogen (secondary N) is 1. The Balaban J connectivity index is 2.18. The fourth-order valence-electron chi connectivity index (χ4n) is 1.98. The van der Waals surface area contributed by atoms with Crippen LogP contribution in [0.1, 0.15) is 31.3 Å². The van der Waals surface area contributed by atoms with Crippen molar-refractivity contribution in [2.24, 2.45) is 11.8 Å². The second kappa shape index (κ2) is 6.87. The van der Waals surface area contributed by atoms with Crippen LogP contribution in [0.25, 0.3) is 0 Å². The highest BCUT2D eigenvalue weighted by molar-refractivity contribution is 7.20. The molecule has 0 spiro atoms. The molecule has 0 aliphatic carbocycles. The molecule has 0 radical (unpaired) electrons. The zero-order chi connectivity index (χ0) is 14.7. The highest BCUT2D eigenvalue weighted by Gasteiger charge is 2.19. The SMILES string of the molecule is CC(C)Cn1ncnc1CC(NN)c1cc(Cl)sc1Cl. The van der Waals surface area contributed by atoms with Crippen molar-refractivity contribution in [3.8, 4) is 0 Å². The Morgan fingerprint density at radius 2 is 2.20 bits per heavy atom. The van der Waals surface area contributed by atoms with Crippen LogP contribution in [0.4, 0.5) is 0 Å². The quantitative estimate of drug-likeness (QED) is 0.629.